The molecule has 0 aliphatic carbocycles. The van der Waals surface area contributed by atoms with Crippen LogP contribution in [0.25, 0.3) is 10.9 Å². The second-order valence-electron chi connectivity index (χ2n) is 6.95. The van der Waals surface area contributed by atoms with Crippen LogP contribution in [0, 0.1) is 0 Å². The molecule has 3 rings (SSSR count). The van der Waals surface area contributed by atoms with Crippen LogP contribution >= 0.6 is 7.37 Å². The summed E-state index contributed by atoms with van der Waals surface area (Å²) >= 11 is 0. The van der Waals surface area contributed by atoms with Crippen LogP contribution in [0.1, 0.15) is 36.3 Å². The molecule has 0 aliphatic heterocycles. The third-order valence-corrected chi connectivity index (χ3v) is 6.65. The highest BCUT2D eigenvalue weighted by atomic mass is 31.2. The molecule has 0 spiro atoms. The van der Waals surface area contributed by atoms with Crippen LogP contribution in [-0.2, 0) is 15.5 Å². The minimum atomic E-state index is -3.41. The molecule has 0 saturated carbocycles. The molecule has 0 amide bonds. The van der Waals surface area contributed by atoms with Crippen molar-refractivity contribution in [2.75, 3.05) is 6.16 Å². The first-order chi connectivity index (χ1) is 12.9. The maximum absolute atomic E-state index is 13.0. The molecule has 27 heavy (non-hydrogen) atoms. The van der Waals surface area contributed by atoms with Crippen LogP contribution in [0.4, 0.5) is 0 Å². The Kier molecular flexibility index (Phi) is 6.15. The Morgan fingerprint density at radius 3 is 2.52 bits per heavy atom. The van der Waals surface area contributed by atoms with Crippen LogP contribution < -0.4 is 0 Å². The van der Waals surface area contributed by atoms with Gasteiger partial charge in [0.05, 0.1) is 0 Å². The van der Waals surface area contributed by atoms with Crippen molar-refractivity contribution in [3.63, 3.8) is 0 Å². The third kappa shape index (κ3) is 5.31. The van der Waals surface area contributed by atoms with Gasteiger partial charge in [0.15, 0.2) is 0 Å². The van der Waals surface area contributed by atoms with Gasteiger partial charge in [-0.2, -0.15) is 0 Å². The second kappa shape index (κ2) is 8.55. The van der Waals surface area contributed by atoms with Gasteiger partial charge in [-0.1, -0.05) is 48.5 Å². The summed E-state index contributed by atoms with van der Waals surface area (Å²) in [4.78, 5) is 24.8. The maximum Gasteiger partial charge on any atom is 0.303 e. The first-order valence-electron chi connectivity index (χ1n) is 9.07. The summed E-state index contributed by atoms with van der Waals surface area (Å²) in [7, 11) is -3.41. The summed E-state index contributed by atoms with van der Waals surface area (Å²) < 4.78 is 13.0. The van der Waals surface area contributed by atoms with Crippen LogP contribution in [0.2, 0.25) is 0 Å². The van der Waals surface area contributed by atoms with Crippen molar-refractivity contribution in [1.82, 2.24) is 4.98 Å². The Morgan fingerprint density at radius 2 is 1.78 bits per heavy atom. The van der Waals surface area contributed by atoms with Gasteiger partial charge in [0.2, 0.25) is 7.37 Å². The number of nitrogens with one attached hydrogen (secondary N) is 1. The van der Waals surface area contributed by atoms with Crippen molar-refractivity contribution in [3.8, 4) is 0 Å². The molecule has 0 saturated heterocycles. The average Bonchev–Trinajstić information content (AvgIpc) is 3.05. The molecule has 1 heterocycles. The Labute approximate surface area is 158 Å². The molecule has 0 bridgehead atoms. The molecular formula is C21H24NO4P. The number of H-pyrrole nitrogens is 1. The highest BCUT2D eigenvalue weighted by Gasteiger charge is 2.27. The minimum Gasteiger partial charge on any atom is -0.481 e. The SMILES string of the molecule is O=C(O)CCCC(CP(=O)(O)Cc1ccccc1)c1c[nH]c2ccccc12. The van der Waals surface area contributed by atoms with Crippen molar-refractivity contribution in [1.29, 1.82) is 0 Å². The molecule has 0 radical (unpaired) electrons. The fourth-order valence-corrected chi connectivity index (χ4v) is 5.53. The number of para-hydroxylation sites is 1. The minimum absolute atomic E-state index is 0.0628. The van der Waals surface area contributed by atoms with Crippen molar-refractivity contribution < 1.29 is 19.4 Å². The lowest BCUT2D eigenvalue weighted by Gasteiger charge is -2.20. The van der Waals surface area contributed by atoms with Crippen LogP contribution in [0.5, 0.6) is 0 Å². The van der Waals surface area contributed by atoms with E-state index >= 15 is 0 Å². The third-order valence-electron chi connectivity index (χ3n) is 4.78. The summed E-state index contributed by atoms with van der Waals surface area (Å²) in [6.45, 7) is 0. The number of aliphatic carboxylic acids is 1. The lowest BCUT2D eigenvalue weighted by molar-refractivity contribution is -0.137. The Balaban J connectivity index is 1.83. The van der Waals surface area contributed by atoms with Crippen LogP contribution in [0.15, 0.2) is 60.8 Å². The molecule has 2 atom stereocenters. The number of carboxylic acid groups (broad SMARTS) is 1. The largest absolute Gasteiger partial charge is 0.481 e. The number of hydrogen-bond donors (Lipinski definition) is 3. The molecule has 1 aromatic heterocycles. The zero-order chi connectivity index (χ0) is 19.3. The fraction of sp³-hybridized carbons (Fsp3) is 0.286. The van der Waals surface area contributed by atoms with Gasteiger partial charge in [-0.05, 0) is 36.0 Å². The summed E-state index contributed by atoms with van der Waals surface area (Å²) in [5.41, 5.74) is 2.80. The van der Waals surface area contributed by atoms with Gasteiger partial charge < -0.3 is 15.0 Å². The molecule has 0 aliphatic rings. The first kappa shape index (κ1) is 19.4. The average molecular weight is 385 g/mol. The lowest BCUT2D eigenvalue weighted by Crippen LogP contribution is -2.08. The van der Waals surface area contributed by atoms with E-state index in [1.54, 1.807) is 0 Å². The highest BCUT2D eigenvalue weighted by Crippen LogP contribution is 2.49. The fourth-order valence-electron chi connectivity index (χ4n) is 3.55. The topological polar surface area (TPSA) is 90.4 Å². The summed E-state index contributed by atoms with van der Waals surface area (Å²) in [5, 5.41) is 9.97. The van der Waals surface area contributed by atoms with E-state index in [0.29, 0.717) is 12.8 Å². The van der Waals surface area contributed by atoms with Gasteiger partial charge >= 0.3 is 5.97 Å². The van der Waals surface area contributed by atoms with Crippen LogP contribution in [0.3, 0.4) is 0 Å². The zero-order valence-electron chi connectivity index (χ0n) is 15.0. The molecule has 0 fully saturated rings. The number of hydrogen-bond acceptors (Lipinski definition) is 2. The molecule has 2 aromatic carbocycles. The van der Waals surface area contributed by atoms with Crippen molar-refractivity contribution in [2.24, 2.45) is 0 Å². The van der Waals surface area contributed by atoms with E-state index in [4.69, 9.17) is 5.11 Å². The van der Waals surface area contributed by atoms with Crippen molar-refractivity contribution in [2.45, 2.75) is 31.3 Å². The quantitative estimate of drug-likeness (QED) is 0.453. The Hall–Kier alpha value is -2.36. The lowest BCUT2D eigenvalue weighted by atomic mass is 9.95. The van der Waals surface area contributed by atoms with Gasteiger partial charge in [0.25, 0.3) is 0 Å². The standard InChI is InChI=1S/C21H24NO4P/c23-21(24)12-6-9-17(19-13-22-20-11-5-4-10-18(19)20)15-27(25,26)14-16-7-2-1-3-8-16/h1-5,7-8,10-11,13,17,22H,6,9,12,14-15H2,(H,23,24)(H,25,26). The van der Waals surface area contributed by atoms with E-state index < -0.39 is 13.3 Å². The van der Waals surface area contributed by atoms with Crippen molar-refractivity contribution in [3.05, 3.63) is 71.9 Å². The van der Waals surface area contributed by atoms with Gasteiger partial charge in [0, 0.05) is 35.8 Å². The van der Waals surface area contributed by atoms with Gasteiger partial charge in [-0.3, -0.25) is 9.36 Å². The first-order valence-corrected chi connectivity index (χ1v) is 11.1. The van der Waals surface area contributed by atoms with E-state index in [0.717, 1.165) is 22.0 Å². The van der Waals surface area contributed by atoms with E-state index in [2.05, 4.69) is 4.98 Å². The number of aromatic amines is 1. The van der Waals surface area contributed by atoms with E-state index in [1.807, 2.05) is 60.8 Å². The number of rotatable bonds is 9. The number of aromatic nitrogens is 1. The van der Waals surface area contributed by atoms with Crippen molar-refractivity contribution >= 4 is 24.2 Å². The maximum atomic E-state index is 13.0. The second-order valence-corrected chi connectivity index (χ2v) is 9.32. The molecule has 142 valence electrons. The monoisotopic (exact) mass is 385 g/mol. The molecule has 2 unspecified atom stereocenters. The Bertz CT molecular complexity index is 951. The molecule has 6 heteroatoms. The highest BCUT2D eigenvalue weighted by molar-refractivity contribution is 7.57. The number of carboxylic acids is 1. The van der Waals surface area contributed by atoms with Gasteiger partial charge in [-0.25, -0.2) is 0 Å². The number of carbonyl (C=O) groups is 1. The molecule has 3 N–H and O–H groups in total. The normalized spacial score (nSPS) is 14.7. The zero-order valence-corrected chi connectivity index (χ0v) is 15.9. The number of fused-ring (bicyclic) bond motifs is 1. The molecule has 5 nitrogen and oxygen atoms in total. The molecular weight excluding hydrogens is 361 g/mol. The van der Waals surface area contributed by atoms with Crippen LogP contribution in [-0.4, -0.2) is 27.1 Å². The predicted molar refractivity (Wildman–Crippen MR) is 107 cm³/mol. The smallest absolute Gasteiger partial charge is 0.303 e. The number of benzene rings is 2. The summed E-state index contributed by atoms with van der Waals surface area (Å²) in [6.07, 6.45) is 3.26. The van der Waals surface area contributed by atoms with Gasteiger partial charge in [-0.15, -0.1) is 0 Å². The van der Waals surface area contributed by atoms with E-state index in [-0.39, 0.29) is 24.7 Å². The summed E-state index contributed by atoms with van der Waals surface area (Å²) in [5.74, 6) is -1.01. The van der Waals surface area contributed by atoms with E-state index in [1.165, 1.54) is 0 Å². The molecule has 3 aromatic rings. The predicted octanol–water partition coefficient (Wildman–Crippen LogP) is 4.98. The van der Waals surface area contributed by atoms with Gasteiger partial charge in [0.1, 0.15) is 0 Å². The van der Waals surface area contributed by atoms with E-state index in [9.17, 15) is 14.3 Å². The Morgan fingerprint density at radius 1 is 1.07 bits per heavy atom. The summed E-state index contributed by atoms with van der Waals surface area (Å²) in [6, 6.07) is 17.2.